The van der Waals surface area contributed by atoms with E-state index in [-0.39, 0.29) is 0 Å². The molecule has 0 spiro atoms. The number of ether oxygens (including phenoxy) is 1. The Morgan fingerprint density at radius 1 is 0.917 bits per heavy atom. The Hall–Kier alpha value is -2.65. The molecule has 0 bridgehead atoms. The minimum absolute atomic E-state index is 0.672. The fourth-order valence-corrected chi connectivity index (χ4v) is 3.19. The molecule has 1 aliphatic heterocycles. The van der Waals surface area contributed by atoms with Gasteiger partial charge in [-0.15, -0.1) is 0 Å². The minimum atomic E-state index is 0.672. The maximum atomic E-state index is 5.93. The molecule has 0 fully saturated rings. The van der Waals surface area contributed by atoms with Crippen molar-refractivity contribution in [3.8, 4) is 17.0 Å². The van der Waals surface area contributed by atoms with Crippen molar-refractivity contribution in [2.24, 2.45) is 0 Å². The molecule has 3 heteroatoms. The molecule has 3 nitrogen and oxygen atoms in total. The summed E-state index contributed by atoms with van der Waals surface area (Å²) in [5.74, 6) is 0.770. The summed E-state index contributed by atoms with van der Waals surface area (Å²) in [4.78, 5) is 6.88. The summed E-state index contributed by atoms with van der Waals surface area (Å²) in [6.45, 7) is 3.35. The van der Waals surface area contributed by atoms with Crippen LogP contribution in [0.25, 0.3) is 11.1 Å². The molecular formula is C21H20N2O. The molecule has 0 N–H and O–H groups in total. The van der Waals surface area contributed by atoms with Crippen LogP contribution in [0, 0.1) is 0 Å². The van der Waals surface area contributed by atoms with Gasteiger partial charge in [-0.05, 0) is 22.8 Å². The van der Waals surface area contributed by atoms with Crippen molar-refractivity contribution < 1.29 is 4.74 Å². The van der Waals surface area contributed by atoms with E-state index < -0.39 is 0 Å². The summed E-state index contributed by atoms with van der Waals surface area (Å²) in [5.41, 5.74) is 4.92. The largest absolute Gasteiger partial charge is 0.476 e. The topological polar surface area (TPSA) is 25.4 Å². The molecule has 0 saturated carbocycles. The van der Waals surface area contributed by atoms with Crippen LogP contribution in [0.2, 0.25) is 0 Å². The number of rotatable bonds is 3. The number of hydrogen-bond acceptors (Lipinski definition) is 3. The van der Waals surface area contributed by atoms with Crippen LogP contribution in [0.3, 0.4) is 0 Å². The van der Waals surface area contributed by atoms with Crippen LogP contribution in [0.4, 0.5) is 0 Å². The maximum absolute atomic E-state index is 5.93. The molecule has 2 heterocycles. The number of benzene rings is 2. The number of pyridine rings is 1. The zero-order valence-electron chi connectivity index (χ0n) is 13.6. The molecule has 2 aromatic carbocycles. The molecule has 1 aliphatic rings. The van der Waals surface area contributed by atoms with Gasteiger partial charge in [-0.25, -0.2) is 4.98 Å². The Morgan fingerprint density at radius 3 is 2.46 bits per heavy atom. The Kier molecular flexibility index (Phi) is 4.26. The second-order valence-corrected chi connectivity index (χ2v) is 6.05. The zero-order chi connectivity index (χ0) is 16.2. The lowest BCUT2D eigenvalue weighted by Crippen LogP contribution is -2.25. The lowest BCUT2D eigenvalue weighted by atomic mass is 10.0. The SMILES string of the molecule is c1ccc(CN2CCOc3nccc(-c4ccccc4)c3C2)cc1. The van der Waals surface area contributed by atoms with E-state index in [0.29, 0.717) is 6.61 Å². The van der Waals surface area contributed by atoms with Crippen molar-refractivity contribution in [2.75, 3.05) is 13.2 Å². The van der Waals surface area contributed by atoms with Gasteiger partial charge in [0.25, 0.3) is 0 Å². The highest BCUT2D eigenvalue weighted by Crippen LogP contribution is 2.31. The fourth-order valence-electron chi connectivity index (χ4n) is 3.19. The second kappa shape index (κ2) is 6.85. The zero-order valence-corrected chi connectivity index (χ0v) is 13.6. The molecule has 0 amide bonds. The Bertz CT molecular complexity index is 803. The summed E-state index contributed by atoms with van der Waals surface area (Å²) in [7, 11) is 0. The van der Waals surface area contributed by atoms with Crippen LogP contribution < -0.4 is 4.74 Å². The van der Waals surface area contributed by atoms with Crippen molar-refractivity contribution in [1.82, 2.24) is 9.88 Å². The highest BCUT2D eigenvalue weighted by molar-refractivity contribution is 5.68. The van der Waals surface area contributed by atoms with E-state index in [1.165, 1.54) is 22.3 Å². The third-order valence-corrected chi connectivity index (χ3v) is 4.38. The second-order valence-electron chi connectivity index (χ2n) is 6.05. The van der Waals surface area contributed by atoms with E-state index in [2.05, 4.69) is 70.5 Å². The predicted octanol–water partition coefficient (Wildman–Crippen LogP) is 4.14. The summed E-state index contributed by atoms with van der Waals surface area (Å²) in [5, 5.41) is 0. The van der Waals surface area contributed by atoms with Gasteiger partial charge in [-0.1, -0.05) is 60.7 Å². The smallest absolute Gasteiger partial charge is 0.218 e. The van der Waals surface area contributed by atoms with Gasteiger partial charge in [0, 0.05) is 31.4 Å². The van der Waals surface area contributed by atoms with E-state index in [9.17, 15) is 0 Å². The fraction of sp³-hybridized carbons (Fsp3) is 0.190. The van der Waals surface area contributed by atoms with Gasteiger partial charge < -0.3 is 4.74 Å². The molecule has 0 unspecified atom stereocenters. The van der Waals surface area contributed by atoms with E-state index in [1.54, 1.807) is 0 Å². The van der Waals surface area contributed by atoms with E-state index >= 15 is 0 Å². The molecule has 24 heavy (non-hydrogen) atoms. The Labute approximate surface area is 142 Å². The third kappa shape index (κ3) is 3.17. The average Bonchev–Trinajstić information content (AvgIpc) is 2.85. The van der Waals surface area contributed by atoms with Crippen LogP contribution in [-0.4, -0.2) is 23.0 Å². The first kappa shape index (κ1) is 14.9. The van der Waals surface area contributed by atoms with Crippen LogP contribution >= 0.6 is 0 Å². The standard InChI is InChI=1S/C21H20N2O/c1-3-7-17(8-4-1)15-23-13-14-24-21-20(16-23)19(11-12-22-21)18-9-5-2-6-10-18/h1-12H,13-16H2. The summed E-state index contributed by atoms with van der Waals surface area (Å²) < 4.78 is 5.93. The minimum Gasteiger partial charge on any atom is -0.476 e. The molecule has 4 rings (SSSR count). The molecule has 1 aromatic heterocycles. The van der Waals surface area contributed by atoms with Gasteiger partial charge in [-0.3, -0.25) is 4.90 Å². The average molecular weight is 316 g/mol. The highest BCUT2D eigenvalue weighted by Gasteiger charge is 2.20. The molecule has 120 valence electrons. The predicted molar refractivity (Wildman–Crippen MR) is 95.7 cm³/mol. The first-order valence-electron chi connectivity index (χ1n) is 8.32. The quantitative estimate of drug-likeness (QED) is 0.726. The number of nitrogens with zero attached hydrogens (tertiary/aromatic N) is 2. The van der Waals surface area contributed by atoms with E-state index in [1.807, 2.05) is 12.3 Å². The van der Waals surface area contributed by atoms with Crippen molar-refractivity contribution in [3.05, 3.63) is 84.1 Å². The third-order valence-electron chi connectivity index (χ3n) is 4.38. The van der Waals surface area contributed by atoms with Gasteiger partial charge in [0.2, 0.25) is 5.88 Å². The molecule has 0 atom stereocenters. The number of hydrogen-bond donors (Lipinski definition) is 0. The summed E-state index contributed by atoms with van der Waals surface area (Å²) in [6, 6.07) is 23.1. The van der Waals surface area contributed by atoms with E-state index in [4.69, 9.17) is 4.74 Å². The van der Waals surface area contributed by atoms with Crippen LogP contribution in [0.5, 0.6) is 5.88 Å². The molecule has 0 radical (unpaired) electrons. The molecule has 0 aliphatic carbocycles. The van der Waals surface area contributed by atoms with Crippen LogP contribution in [0.1, 0.15) is 11.1 Å². The first-order valence-corrected chi connectivity index (χ1v) is 8.32. The van der Waals surface area contributed by atoms with E-state index in [0.717, 1.165) is 25.5 Å². The van der Waals surface area contributed by atoms with Crippen LogP contribution in [0.15, 0.2) is 72.9 Å². The monoisotopic (exact) mass is 316 g/mol. The van der Waals surface area contributed by atoms with Gasteiger partial charge in [0.05, 0.1) is 0 Å². The summed E-state index contributed by atoms with van der Waals surface area (Å²) in [6.07, 6.45) is 1.84. The lowest BCUT2D eigenvalue weighted by molar-refractivity contribution is 0.217. The van der Waals surface area contributed by atoms with Gasteiger partial charge >= 0.3 is 0 Å². The van der Waals surface area contributed by atoms with Crippen molar-refractivity contribution in [1.29, 1.82) is 0 Å². The maximum Gasteiger partial charge on any atom is 0.218 e. The highest BCUT2D eigenvalue weighted by atomic mass is 16.5. The Morgan fingerprint density at radius 2 is 1.67 bits per heavy atom. The van der Waals surface area contributed by atoms with Crippen molar-refractivity contribution in [2.45, 2.75) is 13.1 Å². The van der Waals surface area contributed by atoms with Gasteiger partial charge in [-0.2, -0.15) is 0 Å². The Balaban J connectivity index is 1.66. The summed E-state index contributed by atoms with van der Waals surface area (Å²) >= 11 is 0. The van der Waals surface area contributed by atoms with Gasteiger partial charge in [0.15, 0.2) is 0 Å². The van der Waals surface area contributed by atoms with Crippen molar-refractivity contribution in [3.63, 3.8) is 0 Å². The molecule has 0 saturated heterocycles. The van der Waals surface area contributed by atoms with Gasteiger partial charge in [0.1, 0.15) is 6.61 Å². The number of aromatic nitrogens is 1. The number of fused-ring (bicyclic) bond motifs is 1. The first-order chi connectivity index (χ1) is 11.9. The van der Waals surface area contributed by atoms with Crippen molar-refractivity contribution >= 4 is 0 Å². The molecule has 3 aromatic rings. The normalized spacial score (nSPS) is 14.5. The molecular weight excluding hydrogens is 296 g/mol. The lowest BCUT2D eigenvalue weighted by Gasteiger charge is -2.20. The van der Waals surface area contributed by atoms with Crippen LogP contribution in [-0.2, 0) is 13.1 Å².